The minimum absolute atomic E-state index is 0.0535. The maximum atomic E-state index is 15.2. The lowest BCUT2D eigenvalue weighted by Crippen LogP contribution is -2.46. The molecule has 0 spiro atoms. The number of amides is 3. The Labute approximate surface area is 447 Å². The van der Waals surface area contributed by atoms with Gasteiger partial charge in [0.2, 0.25) is 11.8 Å². The van der Waals surface area contributed by atoms with Crippen LogP contribution in [0.2, 0.25) is 5.02 Å². The second kappa shape index (κ2) is 26.8. The van der Waals surface area contributed by atoms with E-state index in [0.717, 1.165) is 11.1 Å². The zero-order valence-corrected chi connectivity index (χ0v) is 45.1. The fourth-order valence-corrected chi connectivity index (χ4v) is 8.51. The number of unbranched alkanes of at least 4 members (excludes halogenated alkanes) is 1. The number of rotatable bonds is 18. The highest BCUT2D eigenvalue weighted by Gasteiger charge is 2.37. The lowest BCUT2D eigenvalue weighted by atomic mass is 9.88. The number of azide groups is 1. The van der Waals surface area contributed by atoms with E-state index >= 15 is 4.79 Å². The summed E-state index contributed by atoms with van der Waals surface area (Å²) in [5.74, 6) is -4.91. The summed E-state index contributed by atoms with van der Waals surface area (Å²) in [7, 11) is 2.60. The van der Waals surface area contributed by atoms with Crippen molar-refractivity contribution in [3.05, 3.63) is 117 Å². The lowest BCUT2D eigenvalue weighted by Gasteiger charge is -2.32. The van der Waals surface area contributed by atoms with Crippen molar-refractivity contribution in [2.24, 2.45) is 17.0 Å². The third-order valence-electron chi connectivity index (χ3n) is 12.1. The summed E-state index contributed by atoms with van der Waals surface area (Å²) in [6, 6.07) is 20.7. The smallest absolute Gasteiger partial charge is 0.490 e. The summed E-state index contributed by atoms with van der Waals surface area (Å²) in [6.07, 6.45) is -2.77. The Kier molecular flexibility index (Phi) is 21.0. The van der Waals surface area contributed by atoms with Crippen LogP contribution in [-0.4, -0.2) is 109 Å². The average molecular weight is 1070 g/mol. The zero-order valence-electron chi connectivity index (χ0n) is 44.3. The molecule has 4 bridgehead atoms. The van der Waals surface area contributed by atoms with Crippen LogP contribution in [0.15, 0.2) is 90.0 Å². The molecule has 5 rings (SSSR count). The minimum atomic E-state index is -1.42. The van der Waals surface area contributed by atoms with Crippen LogP contribution in [0.3, 0.4) is 0 Å². The van der Waals surface area contributed by atoms with E-state index in [2.05, 4.69) is 20.7 Å². The molecule has 5 atom stereocenters. The van der Waals surface area contributed by atoms with Gasteiger partial charge < -0.3 is 44.3 Å². The number of likely N-dealkylation sites (N-methyl/N-ethyl adjacent to an activating group) is 1. The van der Waals surface area contributed by atoms with Crippen molar-refractivity contribution in [2.45, 2.75) is 116 Å². The van der Waals surface area contributed by atoms with Crippen molar-refractivity contribution in [1.29, 1.82) is 0 Å². The number of carbonyl (C=O) groups excluding carboxylic acids is 7. The van der Waals surface area contributed by atoms with E-state index in [1.54, 1.807) is 96.1 Å². The standard InChI is InChI=1S/C56H67ClN6O13/c1-33-26-46(66)49(63(8)51(68)39(12-10-11-25-59-53(70)75-55(2,3)4)30-45(65)37-16-14-35(15-17-37)36-18-21-40(57)22-19-36)38-20-24-47(73-32-41(64)31-60-62-58)43(29-38)42-27-34(28-44(52(69)72-9)61-50(33)67)13-23-48(42)74-54(71)76-56(5,6)7/h13-24,27,29,33,39,41,44,49,64H,10-12,25-26,28,30-32H2,1-9H3,(H,59,70)(H,61,67)/t33-,39-,41?,44+,49+/m1/s1. The number of aliphatic hydroxyl groups is 1. The van der Waals surface area contributed by atoms with Gasteiger partial charge >= 0.3 is 18.2 Å². The van der Waals surface area contributed by atoms with Crippen LogP contribution >= 0.6 is 11.6 Å². The molecule has 76 heavy (non-hydrogen) atoms. The van der Waals surface area contributed by atoms with E-state index in [1.807, 2.05) is 12.1 Å². The number of nitrogens with zero attached hydrogens (tertiary/aromatic N) is 4. The minimum Gasteiger partial charge on any atom is -0.490 e. The largest absolute Gasteiger partial charge is 0.514 e. The molecule has 19 nitrogen and oxygen atoms in total. The number of fused-ring (bicyclic) bond motifs is 5. The van der Waals surface area contributed by atoms with Gasteiger partial charge in [-0.05, 0) is 119 Å². The normalized spacial score (nSPS) is 16.5. The fraction of sp³-hybridized carbons (Fsp3) is 0.446. The summed E-state index contributed by atoms with van der Waals surface area (Å²) < 4.78 is 27.9. The van der Waals surface area contributed by atoms with E-state index in [9.17, 15) is 33.9 Å². The number of carbonyl (C=O) groups is 7. The van der Waals surface area contributed by atoms with Crippen LogP contribution in [0.5, 0.6) is 11.5 Å². The molecule has 1 aliphatic rings. The van der Waals surface area contributed by atoms with Crippen LogP contribution < -0.4 is 20.1 Å². The van der Waals surface area contributed by atoms with Crippen molar-refractivity contribution in [2.75, 3.05) is 33.9 Å². The van der Waals surface area contributed by atoms with Crippen molar-refractivity contribution in [3.63, 3.8) is 0 Å². The Morgan fingerprint density at radius 2 is 1.50 bits per heavy atom. The third kappa shape index (κ3) is 17.6. The Morgan fingerprint density at radius 1 is 0.868 bits per heavy atom. The first kappa shape index (κ1) is 59.4. The molecule has 0 radical (unpaired) electrons. The predicted octanol–water partition coefficient (Wildman–Crippen LogP) is 9.93. The molecule has 0 aliphatic carbocycles. The number of aliphatic hydroxyl groups excluding tert-OH is 1. The van der Waals surface area contributed by atoms with Crippen LogP contribution in [0.1, 0.15) is 108 Å². The molecule has 4 aromatic rings. The molecule has 4 aromatic carbocycles. The molecule has 0 fully saturated rings. The number of hydrogen-bond acceptors (Lipinski definition) is 14. The van der Waals surface area contributed by atoms with E-state index < -0.39 is 83.5 Å². The molecule has 3 amide bonds. The van der Waals surface area contributed by atoms with Gasteiger partial charge in [-0.15, -0.1) is 0 Å². The molecule has 20 heteroatoms. The van der Waals surface area contributed by atoms with E-state index in [-0.39, 0.29) is 72.9 Å². The van der Waals surface area contributed by atoms with Crippen molar-refractivity contribution < 1.29 is 62.4 Å². The highest BCUT2D eigenvalue weighted by molar-refractivity contribution is 6.30. The summed E-state index contributed by atoms with van der Waals surface area (Å²) in [4.78, 5) is 101. The average Bonchev–Trinajstić information content (AvgIpc) is 3.35. The second-order valence-corrected chi connectivity index (χ2v) is 21.0. The topological polar surface area (TPSA) is 262 Å². The van der Waals surface area contributed by atoms with Crippen molar-refractivity contribution in [3.8, 4) is 33.8 Å². The van der Waals surface area contributed by atoms with Gasteiger partial charge in [0.05, 0.1) is 19.8 Å². The zero-order chi connectivity index (χ0) is 55.9. The molecule has 0 saturated carbocycles. The number of alkyl carbamates (subject to hydrolysis) is 1. The number of esters is 1. The molecule has 0 saturated heterocycles. The second-order valence-electron chi connectivity index (χ2n) is 20.6. The number of ketones is 2. The van der Waals surface area contributed by atoms with Crippen LogP contribution in [-0.2, 0) is 39.8 Å². The monoisotopic (exact) mass is 1070 g/mol. The van der Waals surface area contributed by atoms with Gasteiger partial charge in [-0.1, -0.05) is 78.6 Å². The number of ether oxygens (including phenoxy) is 5. The van der Waals surface area contributed by atoms with Gasteiger partial charge in [0.15, 0.2) is 11.6 Å². The Morgan fingerprint density at radius 3 is 2.13 bits per heavy atom. The van der Waals surface area contributed by atoms with Gasteiger partial charge in [-0.25, -0.2) is 14.4 Å². The van der Waals surface area contributed by atoms with Gasteiger partial charge in [-0.3, -0.25) is 19.2 Å². The number of nitrogens with one attached hydrogen (secondary N) is 2. The number of methoxy groups -OCH3 is 1. The highest BCUT2D eigenvalue weighted by atomic mass is 35.5. The summed E-state index contributed by atoms with van der Waals surface area (Å²) >= 11 is 6.11. The number of Topliss-reactive ketones (excluding diaryl/α,β-unsaturated/α-hetero) is 2. The fourth-order valence-electron chi connectivity index (χ4n) is 8.39. The molecular formula is C56H67ClN6O13. The van der Waals surface area contributed by atoms with Crippen molar-refractivity contribution in [1.82, 2.24) is 15.5 Å². The van der Waals surface area contributed by atoms with Crippen LogP contribution in [0.25, 0.3) is 32.7 Å². The maximum Gasteiger partial charge on any atom is 0.514 e. The van der Waals surface area contributed by atoms with Crippen LogP contribution in [0.4, 0.5) is 9.59 Å². The molecule has 406 valence electrons. The van der Waals surface area contributed by atoms with E-state index in [4.69, 9.17) is 40.8 Å². The van der Waals surface area contributed by atoms with Gasteiger partial charge in [0, 0.05) is 71.3 Å². The molecular weight excluding hydrogens is 1000 g/mol. The number of hydrogen-bond donors (Lipinski definition) is 3. The number of halogens is 1. The first-order chi connectivity index (χ1) is 35.9. The van der Waals surface area contributed by atoms with Gasteiger partial charge in [0.1, 0.15) is 41.4 Å². The molecule has 1 heterocycles. The summed E-state index contributed by atoms with van der Waals surface area (Å²) in [5, 5.41) is 20.1. The lowest BCUT2D eigenvalue weighted by molar-refractivity contribution is -0.146. The van der Waals surface area contributed by atoms with E-state index in [1.165, 1.54) is 44.2 Å². The molecule has 1 unspecified atom stereocenters. The predicted molar refractivity (Wildman–Crippen MR) is 284 cm³/mol. The highest BCUT2D eigenvalue weighted by Crippen LogP contribution is 2.41. The number of benzene rings is 4. The molecule has 0 aromatic heterocycles. The molecule has 3 N–H and O–H groups in total. The molecule has 1 aliphatic heterocycles. The van der Waals surface area contributed by atoms with Crippen molar-refractivity contribution >= 4 is 53.2 Å². The first-order valence-corrected chi connectivity index (χ1v) is 25.3. The Balaban J connectivity index is 1.63. The van der Waals surface area contributed by atoms with E-state index in [0.29, 0.717) is 29.0 Å². The quantitative estimate of drug-likeness (QED) is 0.0123. The summed E-state index contributed by atoms with van der Waals surface area (Å²) in [6.45, 7) is 11.2. The summed E-state index contributed by atoms with van der Waals surface area (Å²) in [5.41, 5.74) is 10.3. The SMILES string of the molecule is COC(=O)[C@@H]1Cc2ccc(OC(=O)OC(C)(C)C)c(c2)-c2cc(ccc2OCC(O)CN=[N+]=[N-])[C@H](N(C)C(=O)[C@H](CCCCNC(=O)OC(C)(C)C)CC(=O)c2ccc(-c3ccc(Cl)cc3)cc2)C(=O)C[C@@H](C)C(=O)N1. The van der Waals surface area contributed by atoms with Crippen LogP contribution in [0, 0.1) is 11.8 Å². The Hall–Kier alpha value is -7.47. The first-order valence-electron chi connectivity index (χ1n) is 24.9. The third-order valence-corrected chi connectivity index (χ3v) is 12.3. The van der Waals surface area contributed by atoms with Gasteiger partial charge in [0.25, 0.3) is 0 Å². The maximum absolute atomic E-state index is 15.2. The van der Waals surface area contributed by atoms with Gasteiger partial charge in [-0.2, -0.15) is 0 Å². The Bertz CT molecular complexity index is 2790.